The van der Waals surface area contributed by atoms with Gasteiger partial charge in [0.2, 0.25) is 5.91 Å². The number of anilines is 1. The second kappa shape index (κ2) is 7.94. The van der Waals surface area contributed by atoms with Crippen molar-refractivity contribution in [1.82, 2.24) is 29.9 Å². The summed E-state index contributed by atoms with van der Waals surface area (Å²) < 4.78 is 2.09. The first-order valence-electron chi connectivity index (χ1n) is 12.3. The van der Waals surface area contributed by atoms with Crippen molar-refractivity contribution >= 4 is 22.4 Å². The van der Waals surface area contributed by atoms with Crippen molar-refractivity contribution < 1.29 is 4.79 Å². The van der Waals surface area contributed by atoms with E-state index in [1.807, 2.05) is 23.8 Å². The fourth-order valence-corrected chi connectivity index (χ4v) is 7.02. The Hall–Kier alpha value is -4.11. The maximum atomic E-state index is 13.9. The van der Waals surface area contributed by atoms with Crippen LogP contribution in [0.15, 0.2) is 72.6 Å². The van der Waals surface area contributed by atoms with Gasteiger partial charge in [-0.3, -0.25) is 9.89 Å². The smallest absolute Gasteiger partial charge is 0.234 e. The Morgan fingerprint density at radius 2 is 2.00 bits per heavy atom. The number of nitrogens with zero attached hydrogens (tertiary/aromatic N) is 5. The number of hydrogen-bond donors (Lipinski definition) is 2. The summed E-state index contributed by atoms with van der Waals surface area (Å²) in [5, 5.41) is 21.3. The van der Waals surface area contributed by atoms with E-state index in [2.05, 4.69) is 86.6 Å². The number of carbonyl (C=O) groups is 1. The number of benzene rings is 2. The lowest BCUT2D eigenvalue weighted by Crippen LogP contribution is -2.55. The first-order valence-corrected chi connectivity index (χ1v) is 13.2. The van der Waals surface area contributed by atoms with Gasteiger partial charge in [0.05, 0.1) is 28.8 Å². The van der Waals surface area contributed by atoms with Gasteiger partial charge in [0.25, 0.3) is 0 Å². The lowest BCUT2D eigenvalue weighted by atomic mass is 9.55. The third-order valence-corrected chi connectivity index (χ3v) is 8.79. The second-order valence-corrected chi connectivity index (χ2v) is 11.3. The number of aromatic nitrogens is 6. The molecule has 1 amide bonds. The minimum absolute atomic E-state index is 0.0251. The highest BCUT2D eigenvalue weighted by molar-refractivity contribution is 7.13. The highest BCUT2D eigenvalue weighted by atomic mass is 32.1. The topological polar surface area (TPSA) is 101 Å². The first-order chi connectivity index (χ1) is 18.0. The normalized spacial score (nSPS) is 23.5. The quantitative estimate of drug-likeness (QED) is 0.350. The summed E-state index contributed by atoms with van der Waals surface area (Å²) in [6.45, 7) is 4.23. The van der Waals surface area contributed by atoms with Gasteiger partial charge in [-0.15, -0.1) is 21.5 Å². The maximum Gasteiger partial charge on any atom is 0.234 e. The molecule has 8 nitrogen and oxygen atoms in total. The van der Waals surface area contributed by atoms with Crippen LogP contribution in [-0.4, -0.2) is 35.9 Å². The molecule has 3 aliphatic rings. The van der Waals surface area contributed by atoms with Crippen LogP contribution in [0, 0.1) is 5.41 Å². The molecule has 0 spiro atoms. The fourth-order valence-electron chi connectivity index (χ4n) is 6.31. The summed E-state index contributed by atoms with van der Waals surface area (Å²) in [6, 6.07) is 16.6. The van der Waals surface area contributed by atoms with Crippen molar-refractivity contribution in [2.75, 3.05) is 5.32 Å². The maximum absolute atomic E-state index is 13.9. The number of fused-ring (bicyclic) bond motifs is 1. The van der Waals surface area contributed by atoms with Gasteiger partial charge >= 0.3 is 0 Å². The Labute approximate surface area is 217 Å². The van der Waals surface area contributed by atoms with Gasteiger partial charge < -0.3 is 9.88 Å². The molecular formula is C28H25N7OS. The number of H-pyrrole nitrogens is 1. The Kier molecular flexibility index (Phi) is 4.75. The number of amides is 1. The molecular weight excluding hydrogens is 482 g/mol. The van der Waals surface area contributed by atoms with Crippen molar-refractivity contribution in [3.05, 3.63) is 101 Å². The number of hydrogen-bond acceptors (Lipinski definition) is 6. The van der Waals surface area contributed by atoms with Gasteiger partial charge in [0, 0.05) is 23.6 Å². The minimum atomic E-state index is -0.673. The average Bonchev–Trinajstić information content (AvgIpc) is 3.68. The third kappa shape index (κ3) is 3.30. The first kappa shape index (κ1) is 22.1. The molecule has 9 heteroatoms. The molecule has 2 N–H and O–H groups in total. The summed E-state index contributed by atoms with van der Waals surface area (Å²) in [5.41, 5.74) is 5.62. The summed E-state index contributed by atoms with van der Waals surface area (Å²) in [4.78, 5) is 18.6. The van der Waals surface area contributed by atoms with Crippen molar-refractivity contribution in [3.8, 4) is 11.1 Å². The van der Waals surface area contributed by atoms with E-state index in [0.29, 0.717) is 18.0 Å². The Morgan fingerprint density at radius 3 is 2.81 bits per heavy atom. The molecule has 0 radical (unpaired) electrons. The van der Waals surface area contributed by atoms with Crippen LogP contribution in [0.25, 0.3) is 11.1 Å². The highest BCUT2D eigenvalue weighted by Gasteiger charge is 2.60. The molecule has 0 saturated carbocycles. The van der Waals surface area contributed by atoms with Gasteiger partial charge in [-0.2, -0.15) is 5.10 Å². The monoisotopic (exact) mass is 507 g/mol. The number of thiazole rings is 1. The van der Waals surface area contributed by atoms with Crippen LogP contribution in [-0.2, 0) is 16.6 Å². The van der Waals surface area contributed by atoms with Crippen LogP contribution in [0.5, 0.6) is 0 Å². The molecule has 0 fully saturated rings. The van der Waals surface area contributed by atoms with Crippen LogP contribution in [0.2, 0.25) is 0 Å². The van der Waals surface area contributed by atoms with Gasteiger partial charge in [-0.1, -0.05) is 48.5 Å². The Morgan fingerprint density at radius 1 is 1.16 bits per heavy atom. The van der Waals surface area contributed by atoms with Crippen molar-refractivity contribution in [2.24, 2.45) is 5.41 Å². The van der Waals surface area contributed by atoms with Gasteiger partial charge in [-0.05, 0) is 42.5 Å². The van der Waals surface area contributed by atoms with Gasteiger partial charge in [-0.25, -0.2) is 4.98 Å². The van der Waals surface area contributed by atoms with E-state index in [-0.39, 0.29) is 17.4 Å². The van der Waals surface area contributed by atoms with Crippen LogP contribution in [0.1, 0.15) is 54.5 Å². The molecule has 5 heterocycles. The SMILES string of the molecule is CC12CC(C)(C(=O)Nc3nc(Cc4ccc(-c5cn[nH]c5)cc4)cs3)C(c3ccccc31)n1cnnc12. The predicted molar refractivity (Wildman–Crippen MR) is 141 cm³/mol. The lowest BCUT2D eigenvalue weighted by Gasteiger charge is -2.54. The molecule has 37 heavy (non-hydrogen) atoms. The number of carbonyl (C=O) groups excluding carboxylic acids is 1. The summed E-state index contributed by atoms with van der Waals surface area (Å²) in [5.74, 6) is 0.903. The molecule has 2 aromatic carbocycles. The van der Waals surface area contributed by atoms with Crippen molar-refractivity contribution in [1.29, 1.82) is 0 Å². The summed E-state index contributed by atoms with van der Waals surface area (Å²) in [7, 11) is 0. The van der Waals surface area contributed by atoms with E-state index in [1.165, 1.54) is 22.5 Å². The van der Waals surface area contributed by atoms with E-state index >= 15 is 0 Å². The largest absolute Gasteiger partial charge is 0.308 e. The molecule has 2 aliphatic heterocycles. The van der Waals surface area contributed by atoms with Crippen LogP contribution in [0.4, 0.5) is 5.13 Å². The molecule has 3 atom stereocenters. The number of aromatic amines is 1. The van der Waals surface area contributed by atoms with Crippen LogP contribution in [0.3, 0.4) is 0 Å². The third-order valence-electron chi connectivity index (χ3n) is 7.98. The highest BCUT2D eigenvalue weighted by Crippen LogP contribution is 2.60. The van der Waals surface area contributed by atoms with E-state index in [1.54, 1.807) is 6.33 Å². The van der Waals surface area contributed by atoms with Crippen LogP contribution >= 0.6 is 11.3 Å². The summed E-state index contributed by atoms with van der Waals surface area (Å²) >= 11 is 1.47. The van der Waals surface area contributed by atoms with E-state index in [4.69, 9.17) is 4.98 Å². The molecule has 8 rings (SSSR count). The Balaban J connectivity index is 1.12. The molecule has 3 unspecified atom stereocenters. The molecule has 184 valence electrons. The average molecular weight is 508 g/mol. The predicted octanol–water partition coefficient (Wildman–Crippen LogP) is 4.97. The lowest BCUT2D eigenvalue weighted by molar-refractivity contribution is -0.129. The number of rotatable bonds is 5. The molecule has 0 saturated heterocycles. The number of nitrogens with one attached hydrogen (secondary N) is 2. The zero-order valence-electron chi connectivity index (χ0n) is 20.5. The molecule has 5 aromatic rings. The molecule has 2 bridgehead atoms. The van der Waals surface area contributed by atoms with Gasteiger partial charge in [0.1, 0.15) is 12.2 Å². The Bertz CT molecular complexity index is 1620. The van der Waals surface area contributed by atoms with Crippen molar-refractivity contribution in [3.63, 3.8) is 0 Å². The second-order valence-electron chi connectivity index (χ2n) is 10.4. The fraction of sp³-hybridized carbons (Fsp3) is 0.250. The zero-order chi connectivity index (χ0) is 25.2. The van der Waals surface area contributed by atoms with Crippen molar-refractivity contribution in [2.45, 2.75) is 38.1 Å². The molecule has 1 aliphatic carbocycles. The zero-order valence-corrected chi connectivity index (χ0v) is 21.3. The molecule has 3 aromatic heterocycles. The minimum Gasteiger partial charge on any atom is -0.308 e. The van der Waals surface area contributed by atoms with E-state index in [0.717, 1.165) is 28.2 Å². The van der Waals surface area contributed by atoms with Gasteiger partial charge in [0.15, 0.2) is 5.13 Å². The van der Waals surface area contributed by atoms with E-state index in [9.17, 15) is 4.79 Å². The standard InChI is InChI=1S/C28H25N7OS/c1-27-15-28(2,23(35-16-31-34-24(27)35)21-5-3-4-6-22(21)27)25(36)33-26-32-20(14-37-26)11-17-7-9-18(10-8-17)19-12-29-30-13-19/h3-10,12-14,16,23H,11,15H2,1-2H3,(H,29,30)(H,32,33,36). The van der Waals surface area contributed by atoms with E-state index < -0.39 is 5.41 Å². The summed E-state index contributed by atoms with van der Waals surface area (Å²) in [6.07, 6.45) is 6.82. The van der Waals surface area contributed by atoms with Crippen LogP contribution < -0.4 is 5.32 Å².